The Kier molecular flexibility index (Phi) is 3.23. The van der Waals surface area contributed by atoms with Crippen LogP contribution in [0.25, 0.3) is 0 Å². The summed E-state index contributed by atoms with van der Waals surface area (Å²) >= 11 is 0. The SMILES string of the molecule is COc1c(C)c2c(c(C)c1C(C)=O)CCCC2. The Hall–Kier alpha value is -1.31. The van der Waals surface area contributed by atoms with Gasteiger partial charge in [-0.25, -0.2) is 0 Å². The van der Waals surface area contributed by atoms with Crippen LogP contribution in [0.5, 0.6) is 5.75 Å². The molecule has 0 aliphatic heterocycles. The topological polar surface area (TPSA) is 26.3 Å². The third-order valence-electron chi connectivity index (χ3n) is 3.87. The van der Waals surface area contributed by atoms with Gasteiger partial charge < -0.3 is 4.74 Å². The second-order valence-corrected chi connectivity index (χ2v) is 4.88. The molecule has 1 aliphatic carbocycles. The minimum absolute atomic E-state index is 0.107. The van der Waals surface area contributed by atoms with Gasteiger partial charge in [0.2, 0.25) is 0 Å². The summed E-state index contributed by atoms with van der Waals surface area (Å²) in [5.74, 6) is 0.895. The lowest BCUT2D eigenvalue weighted by atomic mass is 9.82. The van der Waals surface area contributed by atoms with E-state index in [2.05, 4.69) is 13.8 Å². The highest BCUT2D eigenvalue weighted by molar-refractivity contribution is 5.99. The van der Waals surface area contributed by atoms with Crippen molar-refractivity contribution in [2.75, 3.05) is 7.11 Å². The number of Topliss-reactive ketones (excluding diaryl/α,β-unsaturated/α-hetero) is 1. The lowest BCUT2D eigenvalue weighted by molar-refractivity contribution is 0.101. The molecule has 2 rings (SSSR count). The monoisotopic (exact) mass is 232 g/mol. The minimum atomic E-state index is 0.107. The van der Waals surface area contributed by atoms with E-state index in [1.54, 1.807) is 14.0 Å². The molecule has 0 radical (unpaired) electrons. The van der Waals surface area contributed by atoms with Crippen LogP contribution in [0.3, 0.4) is 0 Å². The molecule has 0 amide bonds. The van der Waals surface area contributed by atoms with Crippen LogP contribution < -0.4 is 4.74 Å². The number of ketones is 1. The van der Waals surface area contributed by atoms with Crippen LogP contribution in [0.15, 0.2) is 0 Å². The zero-order valence-corrected chi connectivity index (χ0v) is 11.1. The first-order valence-electron chi connectivity index (χ1n) is 6.27. The maximum Gasteiger partial charge on any atom is 0.163 e. The van der Waals surface area contributed by atoms with Gasteiger partial charge in [0.15, 0.2) is 5.78 Å². The van der Waals surface area contributed by atoms with Gasteiger partial charge in [0, 0.05) is 0 Å². The molecule has 0 atom stereocenters. The predicted octanol–water partition coefficient (Wildman–Crippen LogP) is 3.39. The quantitative estimate of drug-likeness (QED) is 0.730. The van der Waals surface area contributed by atoms with Crippen molar-refractivity contribution < 1.29 is 9.53 Å². The zero-order chi connectivity index (χ0) is 12.6. The van der Waals surface area contributed by atoms with Crippen LogP contribution >= 0.6 is 0 Å². The van der Waals surface area contributed by atoms with Crippen LogP contribution in [0, 0.1) is 13.8 Å². The van der Waals surface area contributed by atoms with E-state index in [-0.39, 0.29) is 5.78 Å². The largest absolute Gasteiger partial charge is 0.496 e. The van der Waals surface area contributed by atoms with Gasteiger partial charge in [0.25, 0.3) is 0 Å². The lowest BCUT2D eigenvalue weighted by Crippen LogP contribution is -2.13. The van der Waals surface area contributed by atoms with Crippen LogP contribution in [0.2, 0.25) is 0 Å². The fourth-order valence-corrected chi connectivity index (χ4v) is 3.06. The molecule has 0 heterocycles. The van der Waals surface area contributed by atoms with E-state index in [1.807, 2.05) is 0 Å². The molecule has 0 saturated heterocycles. The van der Waals surface area contributed by atoms with Gasteiger partial charge in [-0.2, -0.15) is 0 Å². The van der Waals surface area contributed by atoms with Crippen LogP contribution in [0.4, 0.5) is 0 Å². The third-order valence-corrected chi connectivity index (χ3v) is 3.87. The minimum Gasteiger partial charge on any atom is -0.496 e. The van der Waals surface area contributed by atoms with Crippen molar-refractivity contribution in [2.45, 2.75) is 46.5 Å². The first-order valence-corrected chi connectivity index (χ1v) is 6.27. The van der Waals surface area contributed by atoms with Crippen molar-refractivity contribution in [1.82, 2.24) is 0 Å². The number of rotatable bonds is 2. The summed E-state index contributed by atoms with van der Waals surface area (Å²) in [7, 11) is 1.66. The summed E-state index contributed by atoms with van der Waals surface area (Å²) in [5.41, 5.74) is 5.88. The van der Waals surface area contributed by atoms with Gasteiger partial charge in [-0.1, -0.05) is 0 Å². The molecule has 1 aliphatic rings. The maximum atomic E-state index is 11.8. The Balaban J connectivity index is 2.76. The van der Waals surface area contributed by atoms with E-state index in [0.717, 1.165) is 35.3 Å². The van der Waals surface area contributed by atoms with E-state index in [0.29, 0.717) is 0 Å². The van der Waals surface area contributed by atoms with E-state index >= 15 is 0 Å². The summed E-state index contributed by atoms with van der Waals surface area (Å²) in [4.78, 5) is 11.8. The smallest absolute Gasteiger partial charge is 0.163 e. The molecule has 0 fully saturated rings. The molecule has 92 valence electrons. The second-order valence-electron chi connectivity index (χ2n) is 4.88. The van der Waals surface area contributed by atoms with E-state index in [9.17, 15) is 4.79 Å². The molecule has 0 saturated carbocycles. The number of hydrogen-bond acceptors (Lipinski definition) is 2. The maximum absolute atomic E-state index is 11.8. The molecular weight excluding hydrogens is 212 g/mol. The fourth-order valence-electron chi connectivity index (χ4n) is 3.06. The van der Waals surface area contributed by atoms with E-state index in [1.165, 1.54) is 24.0 Å². The van der Waals surface area contributed by atoms with E-state index < -0.39 is 0 Å². The third kappa shape index (κ3) is 1.86. The molecule has 1 aromatic carbocycles. The van der Waals surface area contributed by atoms with Gasteiger partial charge in [0.05, 0.1) is 12.7 Å². The Bertz CT molecular complexity index is 473. The van der Waals surface area contributed by atoms with Gasteiger partial charge in [0.1, 0.15) is 5.75 Å². The first-order chi connectivity index (χ1) is 8.07. The normalized spacial score (nSPS) is 14.4. The summed E-state index contributed by atoms with van der Waals surface area (Å²) in [6, 6.07) is 0. The fraction of sp³-hybridized carbons (Fsp3) is 0.533. The average Bonchev–Trinajstić information content (AvgIpc) is 2.33. The van der Waals surface area contributed by atoms with Crippen molar-refractivity contribution in [3.63, 3.8) is 0 Å². The van der Waals surface area contributed by atoms with Crippen LogP contribution in [-0.2, 0) is 12.8 Å². The molecule has 2 heteroatoms. The summed E-state index contributed by atoms with van der Waals surface area (Å²) in [6.07, 6.45) is 4.70. The van der Waals surface area contributed by atoms with Gasteiger partial charge in [-0.3, -0.25) is 4.79 Å². The molecule has 0 bridgehead atoms. The van der Waals surface area contributed by atoms with Gasteiger partial charge >= 0.3 is 0 Å². The number of benzene rings is 1. The number of fused-ring (bicyclic) bond motifs is 1. The number of carbonyl (C=O) groups excluding carboxylic acids is 1. The zero-order valence-electron chi connectivity index (χ0n) is 11.1. The Morgan fingerprint density at radius 2 is 1.59 bits per heavy atom. The lowest BCUT2D eigenvalue weighted by Gasteiger charge is -2.25. The van der Waals surface area contributed by atoms with Crippen molar-refractivity contribution >= 4 is 5.78 Å². The van der Waals surface area contributed by atoms with Gasteiger partial charge in [-0.05, 0) is 68.7 Å². The predicted molar refractivity (Wildman–Crippen MR) is 69.1 cm³/mol. The van der Waals surface area contributed by atoms with Crippen LogP contribution in [-0.4, -0.2) is 12.9 Å². The molecule has 0 unspecified atom stereocenters. The average molecular weight is 232 g/mol. The molecule has 0 aromatic heterocycles. The van der Waals surface area contributed by atoms with Crippen molar-refractivity contribution in [3.05, 3.63) is 27.8 Å². The molecule has 1 aromatic rings. The molecule has 2 nitrogen and oxygen atoms in total. The highest BCUT2D eigenvalue weighted by atomic mass is 16.5. The Morgan fingerprint density at radius 1 is 1.06 bits per heavy atom. The Morgan fingerprint density at radius 3 is 2.06 bits per heavy atom. The number of carbonyl (C=O) groups is 1. The van der Waals surface area contributed by atoms with Crippen LogP contribution in [0.1, 0.15) is 52.4 Å². The molecule has 0 spiro atoms. The Labute approximate surface area is 103 Å². The summed E-state index contributed by atoms with van der Waals surface area (Å²) < 4.78 is 5.46. The standard InChI is InChI=1S/C15H20O2/c1-9-12-7-5-6-8-13(12)10(2)15(17-4)14(9)11(3)16/h5-8H2,1-4H3. The number of hydrogen-bond donors (Lipinski definition) is 0. The van der Waals surface area contributed by atoms with E-state index in [4.69, 9.17) is 4.74 Å². The van der Waals surface area contributed by atoms with Crippen molar-refractivity contribution in [1.29, 1.82) is 0 Å². The highest BCUT2D eigenvalue weighted by Crippen LogP contribution is 2.37. The highest BCUT2D eigenvalue weighted by Gasteiger charge is 2.23. The molecule has 0 N–H and O–H groups in total. The first kappa shape index (κ1) is 12.2. The molecular formula is C15H20O2. The number of ether oxygens (including phenoxy) is 1. The summed E-state index contributed by atoms with van der Waals surface area (Å²) in [5, 5.41) is 0. The second kappa shape index (κ2) is 4.52. The summed E-state index contributed by atoms with van der Waals surface area (Å²) in [6.45, 7) is 5.76. The number of methoxy groups -OCH3 is 1. The van der Waals surface area contributed by atoms with Crippen molar-refractivity contribution in [2.24, 2.45) is 0 Å². The van der Waals surface area contributed by atoms with Crippen molar-refractivity contribution in [3.8, 4) is 5.75 Å². The molecule has 17 heavy (non-hydrogen) atoms. The van der Waals surface area contributed by atoms with Gasteiger partial charge in [-0.15, -0.1) is 0 Å².